The normalized spacial score (nSPS) is 16.0. The number of amides is 1. The monoisotopic (exact) mass is 354 g/mol. The van der Waals surface area contributed by atoms with Crippen LogP contribution in [-0.2, 0) is 16.0 Å². The summed E-state index contributed by atoms with van der Waals surface area (Å²) in [5.41, 5.74) is 2.46. The number of rotatable bonds is 6. The standard InChI is InChI=1S/C20H22N2O4/c23-19(22-18(20(24)25)13-14-5-9-21-10-6-14)17-3-1-15(2-4-17)16-7-11-26-12-8-16/h1-6,9-10,16,18H,7-8,11-13H2,(H,22,23)(H,24,25). The van der Waals surface area contributed by atoms with Crippen molar-refractivity contribution >= 4 is 11.9 Å². The first-order valence-electron chi connectivity index (χ1n) is 8.74. The van der Waals surface area contributed by atoms with Crippen LogP contribution in [0.3, 0.4) is 0 Å². The molecule has 0 bridgehead atoms. The summed E-state index contributed by atoms with van der Waals surface area (Å²) in [6, 6.07) is 9.90. The topological polar surface area (TPSA) is 88.5 Å². The van der Waals surface area contributed by atoms with Gasteiger partial charge in [-0.15, -0.1) is 0 Å². The zero-order valence-corrected chi connectivity index (χ0v) is 14.4. The Hall–Kier alpha value is -2.73. The first kappa shape index (κ1) is 18.1. The van der Waals surface area contributed by atoms with E-state index in [4.69, 9.17) is 4.74 Å². The molecule has 26 heavy (non-hydrogen) atoms. The average molecular weight is 354 g/mol. The number of pyridine rings is 1. The summed E-state index contributed by atoms with van der Waals surface area (Å²) in [6.07, 6.45) is 5.39. The summed E-state index contributed by atoms with van der Waals surface area (Å²) < 4.78 is 5.37. The molecule has 1 atom stereocenters. The molecule has 1 amide bonds. The highest BCUT2D eigenvalue weighted by Crippen LogP contribution is 2.26. The van der Waals surface area contributed by atoms with E-state index in [1.54, 1.807) is 36.7 Å². The Kier molecular flexibility index (Phi) is 5.96. The van der Waals surface area contributed by atoms with Gasteiger partial charge in [0.25, 0.3) is 5.91 Å². The number of aromatic nitrogens is 1. The van der Waals surface area contributed by atoms with Gasteiger partial charge < -0.3 is 15.2 Å². The number of aliphatic carboxylic acids is 1. The van der Waals surface area contributed by atoms with Gasteiger partial charge in [0.1, 0.15) is 6.04 Å². The van der Waals surface area contributed by atoms with Gasteiger partial charge >= 0.3 is 5.97 Å². The van der Waals surface area contributed by atoms with Gasteiger partial charge in [0, 0.05) is 37.6 Å². The number of ether oxygens (including phenoxy) is 1. The van der Waals surface area contributed by atoms with Crippen LogP contribution < -0.4 is 5.32 Å². The third-order valence-corrected chi connectivity index (χ3v) is 4.66. The molecule has 1 aliphatic rings. The quantitative estimate of drug-likeness (QED) is 0.832. The largest absolute Gasteiger partial charge is 0.480 e. The second-order valence-electron chi connectivity index (χ2n) is 6.43. The van der Waals surface area contributed by atoms with Crippen molar-refractivity contribution in [2.45, 2.75) is 31.2 Å². The van der Waals surface area contributed by atoms with Crippen LogP contribution >= 0.6 is 0 Å². The van der Waals surface area contributed by atoms with Gasteiger partial charge in [-0.2, -0.15) is 0 Å². The number of hydrogen-bond donors (Lipinski definition) is 2. The molecule has 6 heteroatoms. The molecule has 136 valence electrons. The first-order valence-corrected chi connectivity index (χ1v) is 8.74. The van der Waals surface area contributed by atoms with E-state index in [0.29, 0.717) is 11.5 Å². The number of nitrogens with zero attached hydrogens (tertiary/aromatic N) is 1. The van der Waals surface area contributed by atoms with Crippen LogP contribution in [0.4, 0.5) is 0 Å². The van der Waals surface area contributed by atoms with Crippen molar-refractivity contribution in [3.63, 3.8) is 0 Å². The highest BCUT2D eigenvalue weighted by atomic mass is 16.5. The number of nitrogens with one attached hydrogen (secondary N) is 1. The van der Waals surface area contributed by atoms with Crippen LogP contribution in [-0.4, -0.2) is 41.2 Å². The Morgan fingerprint density at radius 2 is 1.77 bits per heavy atom. The average Bonchev–Trinajstić information content (AvgIpc) is 2.69. The first-order chi connectivity index (χ1) is 12.6. The van der Waals surface area contributed by atoms with E-state index in [9.17, 15) is 14.7 Å². The molecule has 1 saturated heterocycles. The summed E-state index contributed by atoms with van der Waals surface area (Å²) in [5.74, 6) is -0.988. The van der Waals surface area contributed by atoms with E-state index in [1.165, 1.54) is 5.56 Å². The summed E-state index contributed by atoms with van der Waals surface area (Å²) >= 11 is 0. The van der Waals surface area contributed by atoms with Crippen LogP contribution in [0.15, 0.2) is 48.8 Å². The molecule has 0 radical (unpaired) electrons. The number of carboxylic acids is 1. The predicted molar refractivity (Wildman–Crippen MR) is 96.1 cm³/mol. The molecule has 2 heterocycles. The van der Waals surface area contributed by atoms with Crippen molar-refractivity contribution in [2.24, 2.45) is 0 Å². The predicted octanol–water partition coefficient (Wildman–Crippen LogP) is 2.40. The molecule has 2 N–H and O–H groups in total. The lowest BCUT2D eigenvalue weighted by molar-refractivity contribution is -0.139. The van der Waals surface area contributed by atoms with Crippen molar-refractivity contribution in [2.75, 3.05) is 13.2 Å². The van der Waals surface area contributed by atoms with Crippen LogP contribution in [0, 0.1) is 0 Å². The second kappa shape index (κ2) is 8.58. The lowest BCUT2D eigenvalue weighted by atomic mass is 9.91. The molecule has 1 aliphatic heterocycles. The van der Waals surface area contributed by atoms with Gasteiger partial charge in [0.05, 0.1) is 0 Å². The highest BCUT2D eigenvalue weighted by molar-refractivity contribution is 5.96. The van der Waals surface area contributed by atoms with E-state index in [-0.39, 0.29) is 12.3 Å². The Labute approximate surface area is 152 Å². The van der Waals surface area contributed by atoms with E-state index < -0.39 is 12.0 Å². The van der Waals surface area contributed by atoms with Gasteiger partial charge in [0.15, 0.2) is 0 Å². The maximum Gasteiger partial charge on any atom is 0.326 e. The fourth-order valence-electron chi connectivity index (χ4n) is 3.13. The molecule has 1 unspecified atom stereocenters. The van der Waals surface area contributed by atoms with Crippen molar-refractivity contribution in [1.82, 2.24) is 10.3 Å². The maximum absolute atomic E-state index is 12.4. The number of benzene rings is 1. The van der Waals surface area contributed by atoms with Gasteiger partial charge in [-0.05, 0) is 54.2 Å². The molecule has 6 nitrogen and oxygen atoms in total. The SMILES string of the molecule is O=C(NC(Cc1ccncc1)C(=O)O)c1ccc(C2CCOCC2)cc1. The smallest absolute Gasteiger partial charge is 0.326 e. The molecule has 1 fully saturated rings. The Morgan fingerprint density at radius 1 is 1.12 bits per heavy atom. The Bertz CT molecular complexity index is 740. The summed E-state index contributed by atoms with van der Waals surface area (Å²) in [6.45, 7) is 1.53. The molecule has 0 spiro atoms. The van der Waals surface area contributed by atoms with E-state index in [2.05, 4.69) is 10.3 Å². The summed E-state index contributed by atoms with van der Waals surface area (Å²) in [7, 11) is 0. The Balaban J connectivity index is 1.64. The van der Waals surface area contributed by atoms with E-state index in [0.717, 1.165) is 31.6 Å². The molecule has 3 rings (SSSR count). The lowest BCUT2D eigenvalue weighted by Gasteiger charge is -2.22. The van der Waals surface area contributed by atoms with Crippen LogP contribution in [0.2, 0.25) is 0 Å². The van der Waals surface area contributed by atoms with Gasteiger partial charge in [-0.3, -0.25) is 9.78 Å². The number of carbonyl (C=O) groups excluding carboxylic acids is 1. The molecule has 1 aromatic heterocycles. The summed E-state index contributed by atoms with van der Waals surface area (Å²) in [5, 5.41) is 12.0. The third-order valence-electron chi connectivity index (χ3n) is 4.66. The lowest BCUT2D eigenvalue weighted by Crippen LogP contribution is -2.42. The zero-order chi connectivity index (χ0) is 18.4. The van der Waals surface area contributed by atoms with Gasteiger partial charge in [0.2, 0.25) is 0 Å². The fourth-order valence-corrected chi connectivity index (χ4v) is 3.13. The molecule has 0 saturated carbocycles. The second-order valence-corrected chi connectivity index (χ2v) is 6.43. The highest BCUT2D eigenvalue weighted by Gasteiger charge is 2.22. The van der Waals surface area contributed by atoms with Crippen molar-refractivity contribution in [3.8, 4) is 0 Å². The zero-order valence-electron chi connectivity index (χ0n) is 14.4. The molecular weight excluding hydrogens is 332 g/mol. The third kappa shape index (κ3) is 4.67. The summed E-state index contributed by atoms with van der Waals surface area (Å²) in [4.78, 5) is 27.8. The van der Waals surface area contributed by atoms with Crippen LogP contribution in [0.5, 0.6) is 0 Å². The van der Waals surface area contributed by atoms with Crippen LogP contribution in [0.1, 0.15) is 40.2 Å². The molecule has 0 aliphatic carbocycles. The number of carboxylic acid groups (broad SMARTS) is 1. The molecule has 2 aromatic rings. The minimum absolute atomic E-state index is 0.212. The molecule has 1 aromatic carbocycles. The number of carbonyl (C=O) groups is 2. The van der Waals surface area contributed by atoms with Crippen molar-refractivity contribution in [1.29, 1.82) is 0 Å². The van der Waals surface area contributed by atoms with E-state index >= 15 is 0 Å². The minimum Gasteiger partial charge on any atom is -0.480 e. The fraction of sp³-hybridized carbons (Fsp3) is 0.350. The Morgan fingerprint density at radius 3 is 2.38 bits per heavy atom. The van der Waals surface area contributed by atoms with Crippen LogP contribution in [0.25, 0.3) is 0 Å². The maximum atomic E-state index is 12.4. The number of hydrogen-bond acceptors (Lipinski definition) is 4. The van der Waals surface area contributed by atoms with Crippen molar-refractivity contribution < 1.29 is 19.4 Å². The minimum atomic E-state index is -1.06. The van der Waals surface area contributed by atoms with Gasteiger partial charge in [-0.1, -0.05) is 12.1 Å². The molecular formula is C20H22N2O4. The van der Waals surface area contributed by atoms with Crippen molar-refractivity contribution in [3.05, 3.63) is 65.5 Å². The van der Waals surface area contributed by atoms with Gasteiger partial charge in [-0.25, -0.2) is 4.79 Å². The van der Waals surface area contributed by atoms with E-state index in [1.807, 2.05) is 12.1 Å².